The van der Waals surface area contributed by atoms with E-state index in [0.717, 1.165) is 0 Å². The van der Waals surface area contributed by atoms with Crippen LogP contribution in [0, 0.1) is 0 Å². The molecule has 0 radical (unpaired) electrons. The fourth-order valence-electron chi connectivity index (χ4n) is 0.705. The molecular formula is C8H15N5O. The summed E-state index contributed by atoms with van der Waals surface area (Å²) in [7, 11) is 1.65. The van der Waals surface area contributed by atoms with Crippen LogP contribution in [-0.4, -0.2) is 22.9 Å². The first-order valence-electron chi connectivity index (χ1n) is 4.25. The Morgan fingerprint density at radius 2 is 2.07 bits per heavy atom. The van der Waals surface area contributed by atoms with Crippen molar-refractivity contribution in [2.45, 2.75) is 13.8 Å². The molecule has 1 amide bonds. The van der Waals surface area contributed by atoms with E-state index in [0.29, 0.717) is 5.95 Å². The fraction of sp³-hybridized carbons (Fsp3) is 0.375. The number of amides is 1. The molecule has 0 spiro atoms. The number of nitrogens with two attached hydrogens (primary N) is 2. The van der Waals surface area contributed by atoms with E-state index in [1.165, 1.54) is 6.20 Å². The van der Waals surface area contributed by atoms with E-state index in [-0.39, 0.29) is 11.4 Å². The molecule has 0 unspecified atom stereocenters. The van der Waals surface area contributed by atoms with Crippen LogP contribution in [0.4, 0.5) is 11.8 Å². The molecule has 0 fully saturated rings. The summed E-state index contributed by atoms with van der Waals surface area (Å²) in [5.74, 6) is -0.186. The third kappa shape index (κ3) is 2.89. The number of hydrogen-bond acceptors (Lipinski definition) is 5. The lowest BCUT2D eigenvalue weighted by atomic mass is 10.3. The summed E-state index contributed by atoms with van der Waals surface area (Å²) in [4.78, 5) is 18.2. The van der Waals surface area contributed by atoms with E-state index in [1.807, 2.05) is 13.8 Å². The molecule has 5 N–H and O–H groups in total. The smallest absolute Gasteiger partial charge is 0.254 e. The van der Waals surface area contributed by atoms with Crippen LogP contribution in [-0.2, 0) is 0 Å². The van der Waals surface area contributed by atoms with Crippen molar-refractivity contribution in [3.05, 3.63) is 11.8 Å². The molecule has 0 saturated heterocycles. The number of primary amides is 1. The Labute approximate surface area is 82.7 Å². The van der Waals surface area contributed by atoms with E-state index >= 15 is 0 Å². The van der Waals surface area contributed by atoms with Gasteiger partial charge in [-0.2, -0.15) is 4.98 Å². The maximum absolute atomic E-state index is 10.7. The van der Waals surface area contributed by atoms with Gasteiger partial charge in [0, 0.05) is 13.2 Å². The Kier molecular flexibility index (Phi) is 4.98. The van der Waals surface area contributed by atoms with E-state index in [1.54, 1.807) is 7.05 Å². The molecule has 1 rings (SSSR count). The minimum Gasteiger partial charge on any atom is -0.383 e. The molecule has 1 aromatic heterocycles. The third-order valence-electron chi connectivity index (χ3n) is 1.31. The zero-order chi connectivity index (χ0) is 11.1. The maximum atomic E-state index is 10.7. The molecule has 1 aromatic rings. The molecule has 6 heteroatoms. The Hall–Kier alpha value is -1.85. The van der Waals surface area contributed by atoms with Crippen molar-refractivity contribution in [1.82, 2.24) is 9.97 Å². The normalized spacial score (nSPS) is 8.50. The average Bonchev–Trinajstić information content (AvgIpc) is 2.20. The Morgan fingerprint density at radius 1 is 1.50 bits per heavy atom. The van der Waals surface area contributed by atoms with Crippen molar-refractivity contribution in [1.29, 1.82) is 0 Å². The van der Waals surface area contributed by atoms with Crippen LogP contribution in [0.2, 0.25) is 0 Å². The lowest BCUT2D eigenvalue weighted by molar-refractivity contribution is 0.100. The Bertz CT molecular complexity index is 313. The van der Waals surface area contributed by atoms with E-state index in [4.69, 9.17) is 11.5 Å². The number of hydrogen-bond donors (Lipinski definition) is 3. The Morgan fingerprint density at radius 3 is 2.43 bits per heavy atom. The van der Waals surface area contributed by atoms with Gasteiger partial charge in [-0.15, -0.1) is 0 Å². The summed E-state index contributed by atoms with van der Waals surface area (Å²) in [6.07, 6.45) is 1.29. The van der Waals surface area contributed by atoms with Gasteiger partial charge in [-0.1, -0.05) is 13.8 Å². The topological polar surface area (TPSA) is 107 Å². The summed E-state index contributed by atoms with van der Waals surface area (Å²) in [5, 5.41) is 2.68. The van der Waals surface area contributed by atoms with Gasteiger partial charge >= 0.3 is 0 Å². The van der Waals surface area contributed by atoms with E-state index in [9.17, 15) is 4.79 Å². The van der Waals surface area contributed by atoms with Crippen molar-refractivity contribution >= 4 is 17.7 Å². The average molecular weight is 197 g/mol. The number of anilines is 2. The second-order valence-electron chi connectivity index (χ2n) is 2.11. The monoisotopic (exact) mass is 197 g/mol. The number of carbonyl (C=O) groups excluding carboxylic acids is 1. The first-order valence-corrected chi connectivity index (χ1v) is 4.25. The van der Waals surface area contributed by atoms with Crippen LogP contribution in [0.25, 0.3) is 0 Å². The predicted molar refractivity (Wildman–Crippen MR) is 55.9 cm³/mol. The van der Waals surface area contributed by atoms with Crippen LogP contribution in [0.3, 0.4) is 0 Å². The highest BCUT2D eigenvalue weighted by molar-refractivity contribution is 5.96. The fourth-order valence-corrected chi connectivity index (χ4v) is 0.705. The van der Waals surface area contributed by atoms with E-state index < -0.39 is 5.91 Å². The minimum absolute atomic E-state index is 0.0850. The zero-order valence-electron chi connectivity index (χ0n) is 8.53. The number of aromatic nitrogens is 2. The highest BCUT2D eigenvalue weighted by atomic mass is 16.1. The van der Waals surface area contributed by atoms with Gasteiger partial charge in [-0.05, 0) is 0 Å². The molecule has 1 heterocycles. The van der Waals surface area contributed by atoms with Crippen molar-refractivity contribution in [2.75, 3.05) is 18.1 Å². The SMILES string of the molecule is CC.CNc1ncc(C(N)=O)c(N)n1. The zero-order valence-corrected chi connectivity index (χ0v) is 8.53. The molecule has 0 bridgehead atoms. The van der Waals surface area contributed by atoms with Crippen molar-refractivity contribution < 1.29 is 4.79 Å². The van der Waals surface area contributed by atoms with Crippen LogP contribution in [0.1, 0.15) is 24.2 Å². The van der Waals surface area contributed by atoms with Gasteiger partial charge in [0.1, 0.15) is 5.82 Å². The van der Waals surface area contributed by atoms with Gasteiger partial charge in [-0.3, -0.25) is 4.79 Å². The predicted octanol–water partition coefficient (Wildman–Crippen LogP) is 0.226. The lowest BCUT2D eigenvalue weighted by Crippen LogP contribution is -2.15. The quantitative estimate of drug-likeness (QED) is 0.629. The molecule has 78 valence electrons. The standard InChI is InChI=1S/C6H9N5O.C2H6/c1-9-6-10-2-3(5(8)12)4(7)11-6;1-2/h2H,1H3,(H2,8,12)(H3,7,9,10,11);1-2H3. The second-order valence-corrected chi connectivity index (χ2v) is 2.11. The van der Waals surface area contributed by atoms with E-state index in [2.05, 4.69) is 15.3 Å². The molecule has 0 aliphatic rings. The first-order chi connectivity index (χ1) is 6.65. The molecule has 0 aliphatic carbocycles. The van der Waals surface area contributed by atoms with Gasteiger partial charge in [0.15, 0.2) is 0 Å². The minimum atomic E-state index is -0.629. The molecule has 6 nitrogen and oxygen atoms in total. The van der Waals surface area contributed by atoms with Gasteiger partial charge in [-0.25, -0.2) is 4.98 Å². The van der Waals surface area contributed by atoms with Crippen LogP contribution in [0.5, 0.6) is 0 Å². The van der Waals surface area contributed by atoms with Gasteiger partial charge in [0.05, 0.1) is 5.56 Å². The number of nitrogen functional groups attached to an aromatic ring is 1. The summed E-state index contributed by atoms with van der Waals surface area (Å²) in [6, 6.07) is 0. The highest BCUT2D eigenvalue weighted by Gasteiger charge is 2.07. The Balaban J connectivity index is 0.000000791. The first kappa shape index (κ1) is 12.2. The van der Waals surface area contributed by atoms with Gasteiger partial charge < -0.3 is 16.8 Å². The van der Waals surface area contributed by atoms with Gasteiger partial charge in [0.25, 0.3) is 5.91 Å². The highest BCUT2D eigenvalue weighted by Crippen LogP contribution is 2.07. The van der Waals surface area contributed by atoms with Crippen molar-refractivity contribution in [2.24, 2.45) is 5.73 Å². The summed E-state index contributed by atoms with van der Waals surface area (Å²) < 4.78 is 0. The molecule has 0 aliphatic heterocycles. The third-order valence-corrected chi connectivity index (χ3v) is 1.31. The lowest BCUT2D eigenvalue weighted by Gasteiger charge is -2.01. The number of nitrogens with zero attached hydrogens (tertiary/aromatic N) is 2. The molecule has 0 atom stereocenters. The van der Waals surface area contributed by atoms with Crippen LogP contribution in [0.15, 0.2) is 6.20 Å². The molecule has 0 saturated carbocycles. The van der Waals surface area contributed by atoms with Crippen molar-refractivity contribution in [3.63, 3.8) is 0 Å². The van der Waals surface area contributed by atoms with Crippen molar-refractivity contribution in [3.8, 4) is 0 Å². The maximum Gasteiger partial charge on any atom is 0.254 e. The summed E-state index contributed by atoms with van der Waals surface area (Å²) in [6.45, 7) is 4.00. The number of rotatable bonds is 2. The number of carbonyl (C=O) groups is 1. The number of nitrogens with one attached hydrogen (secondary N) is 1. The summed E-state index contributed by atoms with van der Waals surface area (Å²) >= 11 is 0. The van der Waals surface area contributed by atoms with Crippen LogP contribution < -0.4 is 16.8 Å². The summed E-state index contributed by atoms with van der Waals surface area (Å²) in [5.41, 5.74) is 10.5. The molecular weight excluding hydrogens is 182 g/mol. The largest absolute Gasteiger partial charge is 0.383 e. The van der Waals surface area contributed by atoms with Crippen LogP contribution >= 0.6 is 0 Å². The molecule has 0 aromatic carbocycles. The molecule has 14 heavy (non-hydrogen) atoms. The second kappa shape index (κ2) is 5.74. The van der Waals surface area contributed by atoms with Gasteiger partial charge in [0.2, 0.25) is 5.95 Å².